The number of piperazine rings is 1. The van der Waals surface area contributed by atoms with E-state index in [2.05, 4.69) is 45.2 Å². The molecule has 2 aliphatic heterocycles. The van der Waals surface area contributed by atoms with Gasteiger partial charge in [-0.2, -0.15) is 0 Å². The highest BCUT2D eigenvalue weighted by atomic mass is 16.5. The van der Waals surface area contributed by atoms with Crippen molar-refractivity contribution in [3.63, 3.8) is 0 Å². The highest BCUT2D eigenvalue weighted by molar-refractivity contribution is 6.06. The number of carbonyl (C=O) groups excluding carboxylic acids is 1. The van der Waals surface area contributed by atoms with Crippen molar-refractivity contribution in [3.05, 3.63) is 93.5 Å². The lowest BCUT2D eigenvalue weighted by Crippen LogP contribution is -2.43. The van der Waals surface area contributed by atoms with E-state index in [1.807, 2.05) is 63.4 Å². The molecule has 2 saturated heterocycles. The number of ether oxygens (including phenoxy) is 1. The molecule has 48 heavy (non-hydrogen) atoms. The largest absolute Gasteiger partial charge is 0.381 e. The zero-order valence-electron chi connectivity index (χ0n) is 28.2. The van der Waals surface area contributed by atoms with Crippen LogP contribution >= 0.6 is 0 Å². The van der Waals surface area contributed by atoms with Crippen LogP contribution < -0.4 is 20.7 Å². The third-order valence-corrected chi connectivity index (χ3v) is 9.77. The Morgan fingerprint density at radius 1 is 1.00 bits per heavy atom. The number of aryl methyl sites for hydroxylation is 2. The molecule has 0 atom stereocenters. The van der Waals surface area contributed by atoms with E-state index in [1.54, 1.807) is 4.57 Å². The molecule has 0 aliphatic carbocycles. The van der Waals surface area contributed by atoms with E-state index in [0.29, 0.717) is 34.0 Å². The first kappa shape index (κ1) is 31.8. The van der Waals surface area contributed by atoms with Crippen LogP contribution in [0.25, 0.3) is 33.5 Å². The molecule has 10 heteroatoms. The highest BCUT2D eigenvalue weighted by Crippen LogP contribution is 2.36. The quantitative estimate of drug-likeness (QED) is 0.240. The van der Waals surface area contributed by atoms with Gasteiger partial charge in [0.15, 0.2) is 5.82 Å². The molecule has 2 fully saturated rings. The monoisotopic (exact) mass is 645 g/mol. The van der Waals surface area contributed by atoms with Gasteiger partial charge in [0.2, 0.25) is 0 Å². The number of benzene rings is 2. The van der Waals surface area contributed by atoms with Gasteiger partial charge in [0.1, 0.15) is 5.82 Å². The molecular weight excluding hydrogens is 602 g/mol. The zero-order valence-corrected chi connectivity index (χ0v) is 28.2. The standard InChI is InChI=1S/C38H43N7O3/c1-5-44(29-12-18-48-19-13-29)33-22-28(27-10-11-34(40-23-27)43-16-14-39-15-17-43)21-30(26(33)4)38(47)45-32-9-7-6-8-31(32)42-36(45)35-24(2)20-25(3)41-37(35)46/h6-11,20-23,29,39H,5,12-19H2,1-4H3,(H,41,46). The van der Waals surface area contributed by atoms with Crippen LogP contribution in [-0.2, 0) is 4.74 Å². The molecule has 5 aromatic rings. The van der Waals surface area contributed by atoms with Crippen molar-refractivity contribution in [1.82, 2.24) is 24.8 Å². The zero-order chi connectivity index (χ0) is 33.4. The minimum absolute atomic E-state index is 0.230. The Morgan fingerprint density at radius 3 is 2.48 bits per heavy atom. The number of hydrogen-bond donors (Lipinski definition) is 2. The van der Waals surface area contributed by atoms with Crippen molar-refractivity contribution in [2.75, 3.05) is 55.7 Å². The Hall–Kier alpha value is -4.80. The highest BCUT2D eigenvalue weighted by Gasteiger charge is 2.28. The Balaban J connectivity index is 1.40. The number of imidazole rings is 1. The van der Waals surface area contributed by atoms with Gasteiger partial charge in [-0.3, -0.25) is 14.2 Å². The van der Waals surface area contributed by atoms with Crippen LogP contribution in [0.2, 0.25) is 0 Å². The normalized spacial score (nSPS) is 15.6. The fourth-order valence-electron chi connectivity index (χ4n) is 7.30. The van der Waals surface area contributed by atoms with E-state index in [4.69, 9.17) is 14.7 Å². The lowest BCUT2D eigenvalue weighted by Gasteiger charge is -2.37. The van der Waals surface area contributed by atoms with E-state index in [9.17, 15) is 4.79 Å². The molecule has 0 saturated carbocycles. The smallest absolute Gasteiger partial charge is 0.264 e. The van der Waals surface area contributed by atoms with Crippen molar-refractivity contribution in [2.24, 2.45) is 0 Å². The summed E-state index contributed by atoms with van der Waals surface area (Å²) in [6, 6.07) is 18.1. The van der Waals surface area contributed by atoms with Crippen LogP contribution in [0, 0.1) is 20.8 Å². The van der Waals surface area contributed by atoms with Crippen LogP contribution in [0.4, 0.5) is 11.5 Å². The molecule has 5 heterocycles. The minimum Gasteiger partial charge on any atom is -0.381 e. The van der Waals surface area contributed by atoms with Gasteiger partial charge >= 0.3 is 0 Å². The third-order valence-electron chi connectivity index (χ3n) is 9.77. The molecule has 0 unspecified atom stereocenters. The topological polar surface area (TPSA) is 108 Å². The molecule has 3 aromatic heterocycles. The summed E-state index contributed by atoms with van der Waals surface area (Å²) < 4.78 is 7.33. The van der Waals surface area contributed by atoms with Gasteiger partial charge in [0.05, 0.1) is 16.6 Å². The number of hydrogen-bond acceptors (Lipinski definition) is 8. The van der Waals surface area contributed by atoms with E-state index in [-0.39, 0.29) is 11.5 Å². The third kappa shape index (κ3) is 5.90. The number of anilines is 2. The maximum Gasteiger partial charge on any atom is 0.264 e. The number of carbonyl (C=O) groups is 1. The van der Waals surface area contributed by atoms with Gasteiger partial charge in [-0.15, -0.1) is 0 Å². The Labute approximate surface area is 280 Å². The summed E-state index contributed by atoms with van der Waals surface area (Å²) in [5.41, 5.74) is 7.28. The van der Waals surface area contributed by atoms with Crippen molar-refractivity contribution >= 4 is 28.4 Å². The fourth-order valence-corrected chi connectivity index (χ4v) is 7.30. The number of para-hydroxylation sites is 2. The minimum atomic E-state index is -0.268. The van der Waals surface area contributed by atoms with Crippen LogP contribution in [-0.4, -0.2) is 77.4 Å². The van der Waals surface area contributed by atoms with E-state index in [1.165, 1.54) is 0 Å². The van der Waals surface area contributed by atoms with Gasteiger partial charge in [-0.1, -0.05) is 12.1 Å². The van der Waals surface area contributed by atoms with Gasteiger partial charge in [0, 0.05) is 80.7 Å². The van der Waals surface area contributed by atoms with Crippen molar-refractivity contribution in [1.29, 1.82) is 0 Å². The molecule has 10 nitrogen and oxygen atoms in total. The van der Waals surface area contributed by atoms with Gasteiger partial charge in [-0.25, -0.2) is 9.97 Å². The summed E-state index contributed by atoms with van der Waals surface area (Å²) in [4.78, 5) is 45.8. The maximum atomic E-state index is 15.1. The van der Waals surface area contributed by atoms with Crippen LogP contribution in [0.15, 0.2) is 65.6 Å². The van der Waals surface area contributed by atoms with E-state index >= 15 is 4.79 Å². The average Bonchev–Trinajstić information content (AvgIpc) is 3.48. The number of aromatic nitrogens is 4. The molecule has 0 amide bonds. The lowest BCUT2D eigenvalue weighted by molar-refractivity contribution is 0.0846. The predicted octanol–water partition coefficient (Wildman–Crippen LogP) is 5.48. The van der Waals surface area contributed by atoms with Crippen LogP contribution in [0.1, 0.15) is 46.9 Å². The molecule has 0 radical (unpaired) electrons. The fraction of sp³-hybridized carbons (Fsp3) is 0.368. The summed E-state index contributed by atoms with van der Waals surface area (Å²) in [5.74, 6) is 1.06. The number of fused-ring (bicyclic) bond motifs is 1. The summed E-state index contributed by atoms with van der Waals surface area (Å²) in [6.07, 6.45) is 3.76. The summed E-state index contributed by atoms with van der Waals surface area (Å²) in [5, 5.41) is 3.40. The predicted molar refractivity (Wildman–Crippen MR) is 191 cm³/mol. The maximum absolute atomic E-state index is 15.1. The second-order valence-corrected chi connectivity index (χ2v) is 12.8. The van der Waals surface area contributed by atoms with Crippen molar-refractivity contribution in [2.45, 2.75) is 46.6 Å². The number of pyridine rings is 2. The summed E-state index contributed by atoms with van der Waals surface area (Å²) in [6.45, 7) is 13.9. The average molecular weight is 646 g/mol. The first-order valence-corrected chi connectivity index (χ1v) is 17.0. The molecule has 2 aliphatic rings. The first-order valence-electron chi connectivity index (χ1n) is 17.0. The number of nitrogens with zero attached hydrogens (tertiary/aromatic N) is 5. The molecule has 0 bridgehead atoms. The molecule has 7 rings (SSSR count). The van der Waals surface area contributed by atoms with Crippen LogP contribution in [0.5, 0.6) is 0 Å². The summed E-state index contributed by atoms with van der Waals surface area (Å²) in [7, 11) is 0. The second-order valence-electron chi connectivity index (χ2n) is 12.8. The molecule has 0 spiro atoms. The number of H-pyrrole nitrogens is 1. The van der Waals surface area contributed by atoms with E-state index in [0.717, 1.165) is 98.2 Å². The van der Waals surface area contributed by atoms with Crippen LogP contribution in [0.3, 0.4) is 0 Å². The Bertz CT molecular complexity index is 2020. The number of nitrogens with one attached hydrogen (secondary N) is 2. The molecule has 2 N–H and O–H groups in total. The van der Waals surface area contributed by atoms with Gasteiger partial charge in [-0.05, 0) is 99.7 Å². The number of rotatable bonds is 7. The molecule has 2 aromatic carbocycles. The molecular formula is C38H43N7O3. The lowest BCUT2D eigenvalue weighted by atomic mass is 9.95. The molecule has 248 valence electrons. The van der Waals surface area contributed by atoms with Gasteiger partial charge < -0.3 is 24.8 Å². The SMILES string of the molecule is CCN(c1cc(-c2ccc(N3CCNCC3)nc2)cc(C(=O)n2c(-c3c(C)cc(C)[nH]c3=O)nc3ccccc32)c1C)C1CCOCC1. The number of aromatic amines is 1. The second kappa shape index (κ2) is 13.4. The van der Waals surface area contributed by atoms with Crippen molar-refractivity contribution < 1.29 is 9.53 Å². The summed E-state index contributed by atoms with van der Waals surface area (Å²) >= 11 is 0. The first-order chi connectivity index (χ1) is 23.3. The van der Waals surface area contributed by atoms with E-state index < -0.39 is 0 Å². The Morgan fingerprint density at radius 2 is 1.77 bits per heavy atom. The van der Waals surface area contributed by atoms with Gasteiger partial charge in [0.25, 0.3) is 11.5 Å². The van der Waals surface area contributed by atoms with Crippen molar-refractivity contribution in [3.8, 4) is 22.5 Å². The Kier molecular flexibility index (Phi) is 8.85.